The van der Waals surface area contributed by atoms with Crippen molar-refractivity contribution in [2.45, 2.75) is 0 Å². The minimum absolute atomic E-state index is 0.172. The molecule has 1 aromatic heterocycles. The van der Waals surface area contributed by atoms with Gasteiger partial charge in [-0.25, -0.2) is 14.4 Å². The van der Waals surface area contributed by atoms with Crippen LogP contribution >= 0.6 is 0 Å². The number of nitrogens with zero attached hydrogens (tertiary/aromatic N) is 2. The van der Waals surface area contributed by atoms with Gasteiger partial charge in [-0.15, -0.1) is 0 Å². The first-order chi connectivity index (χ1) is 12.2. The van der Waals surface area contributed by atoms with Gasteiger partial charge in [0.05, 0.1) is 18.1 Å². The molecule has 124 valence electrons. The van der Waals surface area contributed by atoms with Crippen LogP contribution in [0, 0.1) is 5.82 Å². The molecule has 0 spiro atoms. The first-order valence-electron chi connectivity index (χ1n) is 7.49. The molecule has 0 bridgehead atoms. The molecule has 5 nitrogen and oxygen atoms in total. The van der Waals surface area contributed by atoms with Crippen LogP contribution in [0.2, 0.25) is 0 Å². The van der Waals surface area contributed by atoms with Crippen LogP contribution in [0.1, 0.15) is 5.56 Å². The van der Waals surface area contributed by atoms with Gasteiger partial charge in [-0.1, -0.05) is 36.4 Å². The summed E-state index contributed by atoms with van der Waals surface area (Å²) in [7, 11) is 0. The molecule has 0 unspecified atom stereocenters. The van der Waals surface area contributed by atoms with E-state index >= 15 is 0 Å². The van der Waals surface area contributed by atoms with Crippen LogP contribution in [0.5, 0.6) is 11.8 Å². The van der Waals surface area contributed by atoms with Crippen LogP contribution in [-0.2, 0) is 4.79 Å². The Morgan fingerprint density at radius 2 is 1.68 bits per heavy atom. The molecule has 1 N–H and O–H groups in total. The van der Waals surface area contributed by atoms with Crippen LogP contribution in [-0.4, -0.2) is 15.9 Å². The van der Waals surface area contributed by atoms with E-state index in [-0.39, 0.29) is 6.01 Å². The van der Waals surface area contributed by atoms with E-state index in [0.717, 1.165) is 0 Å². The van der Waals surface area contributed by atoms with Crippen molar-refractivity contribution in [3.8, 4) is 11.8 Å². The highest BCUT2D eigenvalue weighted by atomic mass is 19.1. The van der Waals surface area contributed by atoms with Crippen molar-refractivity contribution in [2.24, 2.45) is 0 Å². The van der Waals surface area contributed by atoms with Crippen molar-refractivity contribution in [3.63, 3.8) is 0 Å². The topological polar surface area (TPSA) is 64.1 Å². The van der Waals surface area contributed by atoms with E-state index in [2.05, 4.69) is 15.3 Å². The van der Waals surface area contributed by atoms with Gasteiger partial charge in [-0.3, -0.25) is 4.79 Å². The number of halogens is 1. The second-order valence-electron chi connectivity index (χ2n) is 5.01. The summed E-state index contributed by atoms with van der Waals surface area (Å²) in [6, 6.07) is 15.5. The number of carbonyl (C=O) groups is 1. The molecule has 0 saturated carbocycles. The van der Waals surface area contributed by atoms with Crippen LogP contribution in [0.3, 0.4) is 0 Å². The third-order valence-corrected chi connectivity index (χ3v) is 3.17. The van der Waals surface area contributed by atoms with Crippen LogP contribution in [0.15, 0.2) is 73.1 Å². The van der Waals surface area contributed by atoms with Gasteiger partial charge in [-0.05, 0) is 24.3 Å². The summed E-state index contributed by atoms with van der Waals surface area (Å²) < 4.78 is 18.9. The Balaban J connectivity index is 1.59. The van der Waals surface area contributed by atoms with E-state index in [9.17, 15) is 9.18 Å². The van der Waals surface area contributed by atoms with E-state index in [1.807, 2.05) is 18.2 Å². The number of anilines is 1. The van der Waals surface area contributed by atoms with Crippen molar-refractivity contribution < 1.29 is 13.9 Å². The normalized spacial score (nSPS) is 10.6. The summed E-state index contributed by atoms with van der Waals surface area (Å²) in [5.41, 5.74) is 0.740. The molecule has 3 aromatic rings. The second kappa shape index (κ2) is 7.83. The zero-order chi connectivity index (χ0) is 17.5. The van der Waals surface area contributed by atoms with Crippen molar-refractivity contribution in [3.05, 3.63) is 84.4 Å². The molecule has 0 aliphatic heterocycles. The number of hydrogen-bond acceptors (Lipinski definition) is 4. The summed E-state index contributed by atoms with van der Waals surface area (Å²) >= 11 is 0. The largest absolute Gasteiger partial charge is 0.424 e. The van der Waals surface area contributed by atoms with Crippen LogP contribution in [0.4, 0.5) is 10.1 Å². The first kappa shape index (κ1) is 16.3. The Labute approximate surface area is 143 Å². The molecule has 0 aliphatic carbocycles. The lowest BCUT2D eigenvalue weighted by Gasteiger charge is -2.04. The SMILES string of the molecule is O=C(/C=C/c1ccccc1F)Nc1cnc(Oc2ccccc2)nc1. The molecule has 0 fully saturated rings. The van der Waals surface area contributed by atoms with Gasteiger partial charge in [0.15, 0.2) is 0 Å². The smallest absolute Gasteiger partial charge is 0.322 e. The lowest BCUT2D eigenvalue weighted by atomic mass is 10.2. The van der Waals surface area contributed by atoms with E-state index < -0.39 is 11.7 Å². The van der Waals surface area contributed by atoms with Gasteiger partial charge in [0.25, 0.3) is 0 Å². The Hall–Kier alpha value is -3.54. The van der Waals surface area contributed by atoms with Crippen molar-refractivity contribution in [1.82, 2.24) is 9.97 Å². The zero-order valence-corrected chi connectivity index (χ0v) is 13.1. The second-order valence-corrected chi connectivity index (χ2v) is 5.01. The Bertz CT molecular complexity index is 881. The molecule has 25 heavy (non-hydrogen) atoms. The molecular weight excluding hydrogens is 321 g/mol. The molecule has 0 saturated heterocycles. The number of carbonyl (C=O) groups excluding carboxylic acids is 1. The minimum Gasteiger partial charge on any atom is -0.424 e. The molecule has 0 atom stereocenters. The molecule has 0 aliphatic rings. The highest BCUT2D eigenvalue weighted by Crippen LogP contribution is 2.17. The minimum atomic E-state index is -0.413. The fourth-order valence-corrected chi connectivity index (χ4v) is 1.99. The maximum absolute atomic E-state index is 13.5. The summed E-state index contributed by atoms with van der Waals surface area (Å²) in [5, 5.41) is 2.59. The highest BCUT2D eigenvalue weighted by Gasteiger charge is 2.03. The molecule has 1 heterocycles. The predicted octanol–water partition coefficient (Wildman–Crippen LogP) is 4.06. The standard InChI is InChI=1S/C19H14FN3O2/c20-17-9-5-4-6-14(17)10-11-18(24)23-15-12-21-19(22-13-15)25-16-7-2-1-3-8-16/h1-13H,(H,23,24)/b11-10+. The highest BCUT2D eigenvalue weighted by molar-refractivity contribution is 6.01. The van der Waals surface area contributed by atoms with Gasteiger partial charge < -0.3 is 10.1 Å². The Morgan fingerprint density at radius 3 is 2.40 bits per heavy atom. The number of amides is 1. The maximum atomic E-state index is 13.5. The average molecular weight is 335 g/mol. The summed E-state index contributed by atoms with van der Waals surface area (Å²) in [4.78, 5) is 19.9. The summed E-state index contributed by atoms with van der Waals surface area (Å²) in [5.74, 6) is -0.187. The van der Waals surface area contributed by atoms with Crippen molar-refractivity contribution in [2.75, 3.05) is 5.32 Å². The van der Waals surface area contributed by atoms with Gasteiger partial charge in [0, 0.05) is 11.6 Å². The number of benzene rings is 2. The zero-order valence-electron chi connectivity index (χ0n) is 13.1. The molecule has 6 heteroatoms. The Kier molecular flexibility index (Phi) is 5.11. The fraction of sp³-hybridized carbons (Fsp3) is 0. The number of para-hydroxylation sites is 1. The monoisotopic (exact) mass is 335 g/mol. The van der Waals surface area contributed by atoms with Gasteiger partial charge in [0.1, 0.15) is 11.6 Å². The maximum Gasteiger partial charge on any atom is 0.322 e. The average Bonchev–Trinajstić information content (AvgIpc) is 2.64. The fourth-order valence-electron chi connectivity index (χ4n) is 1.99. The van der Waals surface area contributed by atoms with E-state index in [0.29, 0.717) is 17.0 Å². The lowest BCUT2D eigenvalue weighted by Crippen LogP contribution is -2.08. The predicted molar refractivity (Wildman–Crippen MR) is 92.6 cm³/mol. The number of ether oxygens (including phenoxy) is 1. The van der Waals surface area contributed by atoms with Gasteiger partial charge in [0.2, 0.25) is 5.91 Å². The van der Waals surface area contributed by atoms with E-state index in [4.69, 9.17) is 4.74 Å². The van der Waals surface area contributed by atoms with Crippen LogP contribution < -0.4 is 10.1 Å². The molecule has 0 radical (unpaired) electrons. The van der Waals surface area contributed by atoms with Crippen molar-refractivity contribution >= 4 is 17.7 Å². The quantitative estimate of drug-likeness (QED) is 0.714. The molecule has 1 amide bonds. The van der Waals surface area contributed by atoms with E-state index in [1.54, 1.807) is 30.3 Å². The van der Waals surface area contributed by atoms with E-state index in [1.165, 1.54) is 30.6 Å². The first-order valence-corrected chi connectivity index (χ1v) is 7.49. The number of nitrogens with one attached hydrogen (secondary N) is 1. The number of aromatic nitrogens is 2. The molecule has 2 aromatic carbocycles. The summed E-state index contributed by atoms with van der Waals surface area (Å²) in [6.07, 6.45) is 5.51. The Morgan fingerprint density at radius 1 is 1.00 bits per heavy atom. The van der Waals surface area contributed by atoms with Crippen LogP contribution in [0.25, 0.3) is 6.08 Å². The molecular formula is C19H14FN3O2. The molecule has 3 rings (SSSR count). The summed E-state index contributed by atoms with van der Waals surface area (Å²) in [6.45, 7) is 0. The van der Waals surface area contributed by atoms with Crippen molar-refractivity contribution in [1.29, 1.82) is 0 Å². The van der Waals surface area contributed by atoms with Gasteiger partial charge in [-0.2, -0.15) is 0 Å². The number of hydrogen-bond donors (Lipinski definition) is 1. The third-order valence-electron chi connectivity index (χ3n) is 3.17. The number of rotatable bonds is 5. The lowest BCUT2D eigenvalue weighted by molar-refractivity contribution is -0.111. The third kappa shape index (κ3) is 4.71. The van der Waals surface area contributed by atoms with Gasteiger partial charge >= 0.3 is 6.01 Å².